The molecular weight excluding hydrogens is 428 g/mol. The minimum absolute atomic E-state index is 0.0466. The number of aromatic amines is 1. The highest BCUT2D eigenvalue weighted by Crippen LogP contribution is 2.45. The lowest BCUT2D eigenvalue weighted by Gasteiger charge is -2.36. The summed E-state index contributed by atoms with van der Waals surface area (Å²) in [6.45, 7) is 5.34. The van der Waals surface area contributed by atoms with Crippen molar-refractivity contribution >= 4 is 40.6 Å². The van der Waals surface area contributed by atoms with E-state index >= 15 is 0 Å². The van der Waals surface area contributed by atoms with Crippen LogP contribution in [0.3, 0.4) is 0 Å². The number of hydrogen-bond acceptors (Lipinski definition) is 6. The average Bonchev–Trinajstić information content (AvgIpc) is 3.37. The van der Waals surface area contributed by atoms with E-state index in [-0.39, 0.29) is 12.8 Å². The highest BCUT2D eigenvalue weighted by molar-refractivity contribution is 6.11. The molecule has 0 saturated carbocycles. The molecule has 2 fully saturated rings. The van der Waals surface area contributed by atoms with Crippen molar-refractivity contribution in [3.8, 4) is 0 Å². The minimum atomic E-state index is -1.31. The molecule has 0 unspecified atom stereocenters. The number of fused-ring (bicyclic) bond motifs is 5. The van der Waals surface area contributed by atoms with Crippen LogP contribution >= 0.6 is 0 Å². The van der Waals surface area contributed by atoms with Crippen molar-refractivity contribution in [3.63, 3.8) is 0 Å². The first-order valence-electron chi connectivity index (χ1n) is 11.0. The number of urea groups is 1. The Morgan fingerprint density at radius 2 is 1.73 bits per heavy atom. The molecule has 4 heterocycles. The number of benzene rings is 1. The fourth-order valence-electron chi connectivity index (χ4n) is 5.14. The summed E-state index contributed by atoms with van der Waals surface area (Å²) in [5, 5.41) is 1.44. The van der Waals surface area contributed by atoms with Crippen LogP contribution in [0.2, 0.25) is 0 Å². The van der Waals surface area contributed by atoms with Gasteiger partial charge in [-0.2, -0.15) is 0 Å². The van der Waals surface area contributed by atoms with Gasteiger partial charge in [-0.15, -0.1) is 5.06 Å². The molecule has 0 radical (unpaired) electrons. The van der Waals surface area contributed by atoms with Gasteiger partial charge in [-0.05, 0) is 30.9 Å². The minimum Gasteiger partial charge on any atom is -0.356 e. The van der Waals surface area contributed by atoms with Gasteiger partial charge in [0.15, 0.2) is 5.54 Å². The molecule has 0 bridgehead atoms. The largest absolute Gasteiger partial charge is 0.356 e. The van der Waals surface area contributed by atoms with Gasteiger partial charge in [-0.1, -0.05) is 32.0 Å². The summed E-state index contributed by atoms with van der Waals surface area (Å²) in [7, 11) is 0. The van der Waals surface area contributed by atoms with Crippen LogP contribution < -0.4 is 0 Å². The Kier molecular flexibility index (Phi) is 4.59. The van der Waals surface area contributed by atoms with Gasteiger partial charge >= 0.3 is 12.0 Å². The number of imide groups is 2. The molecule has 10 nitrogen and oxygen atoms in total. The van der Waals surface area contributed by atoms with E-state index in [4.69, 9.17) is 4.84 Å². The predicted octanol–water partition coefficient (Wildman–Crippen LogP) is 1.84. The van der Waals surface area contributed by atoms with E-state index in [9.17, 15) is 24.0 Å². The van der Waals surface area contributed by atoms with Crippen molar-refractivity contribution in [2.45, 2.75) is 51.6 Å². The topological polar surface area (TPSA) is 120 Å². The summed E-state index contributed by atoms with van der Waals surface area (Å²) in [5.41, 5.74) is 1.17. The molecule has 0 aliphatic carbocycles. The Morgan fingerprint density at radius 1 is 1.06 bits per heavy atom. The van der Waals surface area contributed by atoms with Crippen LogP contribution in [0.4, 0.5) is 4.79 Å². The molecular formula is C23H24N4O6. The first-order valence-corrected chi connectivity index (χ1v) is 11.0. The van der Waals surface area contributed by atoms with Crippen molar-refractivity contribution in [1.82, 2.24) is 19.8 Å². The van der Waals surface area contributed by atoms with Crippen LogP contribution in [0.15, 0.2) is 24.3 Å². The third-order valence-electron chi connectivity index (χ3n) is 6.84. The second-order valence-corrected chi connectivity index (χ2v) is 9.14. The Bertz CT molecular complexity index is 1220. The van der Waals surface area contributed by atoms with E-state index < -0.39 is 47.2 Å². The molecule has 1 aromatic heterocycles. The van der Waals surface area contributed by atoms with Gasteiger partial charge in [-0.25, -0.2) is 14.5 Å². The van der Waals surface area contributed by atoms with Crippen LogP contribution in [0.5, 0.6) is 0 Å². The molecule has 172 valence electrons. The molecule has 2 aromatic rings. The Morgan fingerprint density at radius 3 is 2.39 bits per heavy atom. The van der Waals surface area contributed by atoms with Gasteiger partial charge in [0, 0.05) is 30.3 Å². The van der Waals surface area contributed by atoms with Crippen molar-refractivity contribution in [1.29, 1.82) is 0 Å². The quantitative estimate of drug-likeness (QED) is 0.558. The van der Waals surface area contributed by atoms with Crippen molar-refractivity contribution in [2.75, 3.05) is 6.54 Å². The van der Waals surface area contributed by atoms with Crippen LogP contribution in [0, 0.1) is 5.92 Å². The van der Waals surface area contributed by atoms with E-state index in [2.05, 4.69) is 4.98 Å². The number of aromatic nitrogens is 1. The second kappa shape index (κ2) is 7.16. The molecule has 5 rings (SSSR count). The van der Waals surface area contributed by atoms with Gasteiger partial charge in [0.25, 0.3) is 17.7 Å². The average molecular weight is 452 g/mol. The van der Waals surface area contributed by atoms with E-state index in [0.717, 1.165) is 21.4 Å². The summed E-state index contributed by atoms with van der Waals surface area (Å²) in [5.74, 6) is -3.29. The number of carbonyl (C=O) groups excluding carboxylic acids is 5. The van der Waals surface area contributed by atoms with Crippen molar-refractivity contribution < 1.29 is 28.8 Å². The van der Waals surface area contributed by atoms with Crippen LogP contribution in [0.25, 0.3) is 10.9 Å². The van der Waals surface area contributed by atoms with E-state index in [0.29, 0.717) is 23.7 Å². The maximum Gasteiger partial charge on any atom is 0.356 e. The third-order valence-corrected chi connectivity index (χ3v) is 6.84. The molecule has 5 amide bonds. The van der Waals surface area contributed by atoms with E-state index in [1.54, 1.807) is 20.8 Å². The summed E-state index contributed by atoms with van der Waals surface area (Å²) in [6.07, 6.45) is 0.472. The molecule has 10 heteroatoms. The van der Waals surface area contributed by atoms with Crippen molar-refractivity contribution in [3.05, 3.63) is 35.5 Å². The fourth-order valence-corrected chi connectivity index (χ4v) is 5.14. The number of carbonyl (C=O) groups is 5. The number of para-hydroxylation sites is 1. The molecule has 1 N–H and O–H groups in total. The van der Waals surface area contributed by atoms with Gasteiger partial charge in [-0.3, -0.25) is 14.4 Å². The zero-order valence-corrected chi connectivity index (χ0v) is 18.6. The highest BCUT2D eigenvalue weighted by atomic mass is 16.7. The van der Waals surface area contributed by atoms with Gasteiger partial charge < -0.3 is 14.7 Å². The SMILES string of the molecule is CC(C)[C@@H](C(=O)ON1C(=O)CCC1=O)N1C(=O)N2CCc3c([nH]c4ccccc34)[C@@]2(C)C1=O. The summed E-state index contributed by atoms with van der Waals surface area (Å²) < 4.78 is 0. The fraction of sp³-hybridized carbons (Fsp3) is 0.435. The first-order chi connectivity index (χ1) is 15.7. The standard InChI is InChI=1S/C23H24N4O6/c1-12(2)18(20(30)33-27-16(28)8-9-17(27)29)26-21(31)23(3)19-14(10-11-25(23)22(26)32)13-6-4-5-7-15(13)24-19/h4-7,12,18,24H,8-11H2,1-3H3/t18-,23-/m0/s1. The maximum absolute atomic E-state index is 13.8. The number of rotatable bonds is 4. The molecule has 1 aromatic carbocycles. The van der Waals surface area contributed by atoms with Gasteiger partial charge in [0.05, 0.1) is 5.69 Å². The zero-order valence-electron chi connectivity index (χ0n) is 18.6. The number of amides is 5. The first kappa shape index (κ1) is 21.2. The van der Waals surface area contributed by atoms with Gasteiger partial charge in [0.2, 0.25) is 0 Å². The maximum atomic E-state index is 13.8. The second-order valence-electron chi connectivity index (χ2n) is 9.14. The van der Waals surface area contributed by atoms with Crippen molar-refractivity contribution in [2.24, 2.45) is 5.92 Å². The number of nitrogens with one attached hydrogen (secondary N) is 1. The molecule has 3 aliphatic rings. The lowest BCUT2D eigenvalue weighted by molar-refractivity contribution is -0.201. The zero-order chi connectivity index (χ0) is 23.7. The third kappa shape index (κ3) is 2.82. The lowest BCUT2D eigenvalue weighted by Crippen LogP contribution is -2.52. The van der Waals surface area contributed by atoms with Crippen LogP contribution in [-0.4, -0.2) is 62.2 Å². The predicted molar refractivity (Wildman–Crippen MR) is 114 cm³/mol. The lowest BCUT2D eigenvalue weighted by atomic mass is 9.86. The Labute approximate surface area is 189 Å². The summed E-state index contributed by atoms with van der Waals surface area (Å²) >= 11 is 0. The smallest absolute Gasteiger partial charge is 0.356 e. The summed E-state index contributed by atoms with van der Waals surface area (Å²) in [6, 6.07) is 5.82. The summed E-state index contributed by atoms with van der Waals surface area (Å²) in [4.78, 5) is 75.0. The Balaban J connectivity index is 1.53. The van der Waals surface area contributed by atoms with Gasteiger partial charge in [0.1, 0.15) is 6.04 Å². The van der Waals surface area contributed by atoms with Crippen LogP contribution in [0.1, 0.15) is 44.9 Å². The normalized spacial score (nSPS) is 23.6. The number of hydrogen-bond donors (Lipinski definition) is 1. The Hall–Kier alpha value is -3.69. The molecule has 2 atom stereocenters. The molecule has 2 saturated heterocycles. The monoisotopic (exact) mass is 452 g/mol. The van der Waals surface area contributed by atoms with E-state index in [1.807, 2.05) is 24.3 Å². The number of hydroxylamine groups is 2. The number of H-pyrrole nitrogens is 1. The van der Waals surface area contributed by atoms with Crippen LogP contribution in [-0.2, 0) is 36.0 Å². The highest BCUT2D eigenvalue weighted by Gasteiger charge is 2.61. The number of nitrogens with zero attached hydrogens (tertiary/aromatic N) is 3. The van der Waals surface area contributed by atoms with E-state index in [1.165, 1.54) is 4.90 Å². The molecule has 3 aliphatic heterocycles. The molecule has 33 heavy (non-hydrogen) atoms. The molecule has 0 spiro atoms.